The third kappa shape index (κ3) is 1.74. The van der Waals surface area contributed by atoms with Crippen LogP contribution in [-0.4, -0.2) is 5.78 Å². The number of hydrogen-bond acceptors (Lipinski definition) is 2. The number of fused-ring (bicyclic) bond motifs is 5. The summed E-state index contributed by atoms with van der Waals surface area (Å²) in [4.78, 5) is 12.3. The molecule has 112 valence electrons. The highest BCUT2D eigenvalue weighted by atomic mass is 16.1. The number of benzene rings is 1. The molecule has 4 rings (SSSR count). The second kappa shape index (κ2) is 4.34. The van der Waals surface area contributed by atoms with Crippen LogP contribution in [0.1, 0.15) is 61.6 Å². The molecule has 0 saturated heterocycles. The van der Waals surface area contributed by atoms with Gasteiger partial charge in [0, 0.05) is 17.5 Å². The van der Waals surface area contributed by atoms with Crippen LogP contribution in [-0.2, 0) is 11.2 Å². The first-order chi connectivity index (χ1) is 10.0. The minimum absolute atomic E-state index is 0.0124. The molecule has 0 spiro atoms. The lowest BCUT2D eigenvalue weighted by molar-refractivity contribution is -0.129. The average Bonchev–Trinajstić information content (AvgIpc) is 2.76. The van der Waals surface area contributed by atoms with Crippen molar-refractivity contribution in [3.8, 4) is 0 Å². The van der Waals surface area contributed by atoms with Crippen molar-refractivity contribution in [3.63, 3.8) is 0 Å². The van der Waals surface area contributed by atoms with Gasteiger partial charge in [0.15, 0.2) is 0 Å². The van der Waals surface area contributed by atoms with Gasteiger partial charge in [-0.05, 0) is 79.5 Å². The van der Waals surface area contributed by atoms with Crippen LogP contribution in [0.3, 0.4) is 0 Å². The second-order valence-electron chi connectivity index (χ2n) is 7.74. The first kappa shape index (κ1) is 13.4. The minimum Gasteiger partial charge on any atom is -0.399 e. The van der Waals surface area contributed by atoms with Crippen LogP contribution >= 0.6 is 0 Å². The van der Waals surface area contributed by atoms with E-state index in [9.17, 15) is 4.79 Å². The zero-order valence-corrected chi connectivity index (χ0v) is 13.1. The molecule has 0 bridgehead atoms. The largest absolute Gasteiger partial charge is 0.399 e. The fraction of sp³-hybridized carbons (Fsp3) is 0.632. The molecule has 2 saturated carbocycles. The highest BCUT2D eigenvalue weighted by molar-refractivity contribution is 5.87. The summed E-state index contributed by atoms with van der Waals surface area (Å²) in [7, 11) is 0. The van der Waals surface area contributed by atoms with Gasteiger partial charge in [-0.15, -0.1) is 0 Å². The Morgan fingerprint density at radius 1 is 1.19 bits per heavy atom. The van der Waals surface area contributed by atoms with Gasteiger partial charge in [-0.1, -0.05) is 13.0 Å². The van der Waals surface area contributed by atoms with Crippen molar-refractivity contribution in [1.29, 1.82) is 0 Å². The van der Waals surface area contributed by atoms with Gasteiger partial charge in [-0.25, -0.2) is 0 Å². The van der Waals surface area contributed by atoms with Gasteiger partial charge < -0.3 is 5.73 Å². The molecule has 0 radical (unpaired) electrons. The zero-order valence-electron chi connectivity index (χ0n) is 13.1. The average molecular weight is 283 g/mol. The standard InChI is InChI=1S/C19H25NO/c1-11-9-15-12(10-17(11)20)3-4-14-13(15)7-8-19(2)16(14)5-6-18(19)21/h9-10,13-14,16H,3-8,20H2,1-2H3/t13?,14?,16?,19-/m0/s1. The number of carbonyl (C=O) groups excluding carboxylic acids is 1. The monoisotopic (exact) mass is 283 g/mol. The van der Waals surface area contributed by atoms with Gasteiger partial charge in [0.1, 0.15) is 5.78 Å². The summed E-state index contributed by atoms with van der Waals surface area (Å²) in [5.41, 5.74) is 11.2. The molecule has 21 heavy (non-hydrogen) atoms. The first-order valence-corrected chi connectivity index (χ1v) is 8.43. The van der Waals surface area contributed by atoms with E-state index in [0.29, 0.717) is 23.5 Å². The highest BCUT2D eigenvalue weighted by Gasteiger charge is 2.54. The molecule has 0 aromatic heterocycles. The molecule has 0 aliphatic heterocycles. The van der Waals surface area contributed by atoms with E-state index >= 15 is 0 Å². The quantitative estimate of drug-likeness (QED) is 0.731. The van der Waals surface area contributed by atoms with Crippen LogP contribution in [0, 0.1) is 24.2 Å². The van der Waals surface area contributed by atoms with Crippen LogP contribution in [0.4, 0.5) is 5.69 Å². The molecule has 3 aliphatic carbocycles. The molecule has 4 atom stereocenters. The Bertz CT molecular complexity index is 620. The Morgan fingerprint density at radius 3 is 2.81 bits per heavy atom. The lowest BCUT2D eigenvalue weighted by Gasteiger charge is -2.48. The molecule has 2 N–H and O–H groups in total. The molecule has 2 heteroatoms. The van der Waals surface area contributed by atoms with Gasteiger partial charge in [0.05, 0.1) is 0 Å². The number of anilines is 1. The number of Topliss-reactive ketones (excluding diaryl/α,β-unsaturated/α-hetero) is 1. The smallest absolute Gasteiger partial charge is 0.139 e. The Balaban J connectivity index is 1.75. The number of nitrogens with two attached hydrogens (primary N) is 1. The van der Waals surface area contributed by atoms with Crippen molar-refractivity contribution in [2.45, 2.75) is 58.3 Å². The maximum atomic E-state index is 12.3. The van der Waals surface area contributed by atoms with Crippen LogP contribution in [0.25, 0.3) is 0 Å². The van der Waals surface area contributed by atoms with Crippen LogP contribution in [0.5, 0.6) is 0 Å². The molecule has 0 amide bonds. The Kier molecular flexibility index (Phi) is 2.76. The Labute approximate surface area is 127 Å². The molecular formula is C19H25NO. The Hall–Kier alpha value is -1.31. The number of nitrogen functional groups attached to an aromatic ring is 1. The summed E-state index contributed by atoms with van der Waals surface area (Å²) in [5.74, 6) is 2.53. The Morgan fingerprint density at radius 2 is 2.00 bits per heavy atom. The SMILES string of the molecule is Cc1cc2c(cc1N)CCC1C2CC[C@]2(C)C(=O)CCC12. The zero-order chi connectivity index (χ0) is 14.8. The van der Waals surface area contributed by atoms with Crippen molar-refractivity contribution >= 4 is 11.5 Å². The second-order valence-corrected chi connectivity index (χ2v) is 7.74. The van der Waals surface area contributed by atoms with Crippen molar-refractivity contribution in [3.05, 3.63) is 28.8 Å². The summed E-state index contributed by atoms with van der Waals surface area (Å²) in [5, 5.41) is 0. The predicted molar refractivity (Wildman–Crippen MR) is 85.2 cm³/mol. The fourth-order valence-corrected chi connectivity index (χ4v) is 5.53. The summed E-state index contributed by atoms with van der Waals surface area (Å²) in [6, 6.07) is 4.54. The summed E-state index contributed by atoms with van der Waals surface area (Å²) >= 11 is 0. The van der Waals surface area contributed by atoms with Gasteiger partial charge in [0.2, 0.25) is 0 Å². The van der Waals surface area contributed by atoms with E-state index in [1.807, 2.05) is 0 Å². The topological polar surface area (TPSA) is 43.1 Å². The third-order valence-electron chi connectivity index (χ3n) is 6.82. The number of ketones is 1. The maximum absolute atomic E-state index is 12.3. The van der Waals surface area contributed by atoms with E-state index in [2.05, 4.69) is 26.0 Å². The molecule has 2 nitrogen and oxygen atoms in total. The van der Waals surface area contributed by atoms with Gasteiger partial charge >= 0.3 is 0 Å². The number of carbonyl (C=O) groups is 1. The molecule has 1 aromatic carbocycles. The van der Waals surface area contributed by atoms with Gasteiger partial charge in [-0.3, -0.25) is 4.79 Å². The summed E-state index contributed by atoms with van der Waals surface area (Å²) in [6.45, 7) is 4.36. The molecule has 0 heterocycles. The molecule has 3 aliphatic rings. The highest BCUT2D eigenvalue weighted by Crippen LogP contribution is 2.59. The van der Waals surface area contributed by atoms with E-state index in [1.54, 1.807) is 5.56 Å². The van der Waals surface area contributed by atoms with E-state index in [4.69, 9.17) is 5.73 Å². The lowest BCUT2D eigenvalue weighted by atomic mass is 9.55. The van der Waals surface area contributed by atoms with Crippen molar-refractivity contribution in [2.24, 2.45) is 17.3 Å². The maximum Gasteiger partial charge on any atom is 0.139 e. The van der Waals surface area contributed by atoms with E-state index in [0.717, 1.165) is 31.4 Å². The van der Waals surface area contributed by atoms with Crippen molar-refractivity contribution in [2.75, 3.05) is 5.73 Å². The van der Waals surface area contributed by atoms with Gasteiger partial charge in [0.25, 0.3) is 0 Å². The van der Waals surface area contributed by atoms with E-state index < -0.39 is 0 Å². The molecule has 2 fully saturated rings. The number of rotatable bonds is 0. The van der Waals surface area contributed by atoms with Crippen LogP contribution < -0.4 is 5.73 Å². The van der Waals surface area contributed by atoms with E-state index in [-0.39, 0.29) is 5.41 Å². The molecule has 1 aromatic rings. The predicted octanol–water partition coefficient (Wildman–Crippen LogP) is 4.00. The van der Waals surface area contributed by atoms with Crippen LogP contribution in [0.15, 0.2) is 12.1 Å². The van der Waals surface area contributed by atoms with Crippen molar-refractivity contribution < 1.29 is 4.79 Å². The fourth-order valence-electron chi connectivity index (χ4n) is 5.53. The van der Waals surface area contributed by atoms with E-state index in [1.165, 1.54) is 24.0 Å². The normalized spacial score (nSPS) is 37.8. The summed E-state index contributed by atoms with van der Waals surface area (Å²) < 4.78 is 0. The van der Waals surface area contributed by atoms with Crippen molar-refractivity contribution in [1.82, 2.24) is 0 Å². The van der Waals surface area contributed by atoms with Crippen LogP contribution in [0.2, 0.25) is 0 Å². The summed E-state index contributed by atoms with van der Waals surface area (Å²) in [6.07, 6.45) is 6.59. The number of aryl methyl sites for hydroxylation is 2. The lowest BCUT2D eigenvalue weighted by Crippen LogP contribution is -2.42. The third-order valence-corrected chi connectivity index (χ3v) is 6.82. The first-order valence-electron chi connectivity index (χ1n) is 8.43. The number of hydrogen-bond donors (Lipinski definition) is 1. The van der Waals surface area contributed by atoms with Gasteiger partial charge in [-0.2, -0.15) is 0 Å². The molecule has 3 unspecified atom stereocenters. The minimum atomic E-state index is -0.0124. The molecular weight excluding hydrogens is 258 g/mol.